The molecule has 0 fully saturated rings. The standard InChI is InChI=1S/C22H20ClN3O3S2/c1-14-4-3-5-15(2)20(14)26-31(28,29)19-12-10-18(11-13-19)24-22(30)25-21(27)16-6-8-17(23)9-7-16/h3-13,26H,1-2H3,(H2,24,25,27,30). The Morgan fingerprint density at radius 2 is 1.48 bits per heavy atom. The van der Waals surface area contributed by atoms with Gasteiger partial charge in [0, 0.05) is 16.3 Å². The SMILES string of the molecule is Cc1cccc(C)c1NS(=O)(=O)c1ccc(NC(=S)NC(=O)c2ccc(Cl)cc2)cc1. The molecule has 0 aliphatic carbocycles. The Morgan fingerprint density at radius 3 is 2.06 bits per heavy atom. The molecular weight excluding hydrogens is 454 g/mol. The number of anilines is 2. The van der Waals surface area contributed by atoms with E-state index < -0.39 is 10.0 Å². The van der Waals surface area contributed by atoms with E-state index in [1.54, 1.807) is 36.4 Å². The number of nitrogens with one attached hydrogen (secondary N) is 3. The molecule has 3 aromatic rings. The fourth-order valence-electron chi connectivity index (χ4n) is 2.83. The van der Waals surface area contributed by atoms with Crippen molar-refractivity contribution in [3.63, 3.8) is 0 Å². The van der Waals surface area contributed by atoms with Gasteiger partial charge in [-0.2, -0.15) is 0 Å². The molecule has 3 aromatic carbocycles. The third kappa shape index (κ3) is 5.81. The first-order chi connectivity index (χ1) is 14.7. The van der Waals surface area contributed by atoms with Gasteiger partial charge in [-0.3, -0.25) is 14.8 Å². The van der Waals surface area contributed by atoms with E-state index in [4.69, 9.17) is 23.8 Å². The van der Waals surface area contributed by atoms with Crippen molar-refractivity contribution < 1.29 is 13.2 Å². The van der Waals surface area contributed by atoms with E-state index >= 15 is 0 Å². The lowest BCUT2D eigenvalue weighted by Crippen LogP contribution is -2.34. The fraction of sp³-hybridized carbons (Fsp3) is 0.0909. The largest absolute Gasteiger partial charge is 0.332 e. The summed E-state index contributed by atoms with van der Waals surface area (Å²) in [7, 11) is -3.75. The second-order valence-electron chi connectivity index (χ2n) is 6.81. The number of aryl methyl sites for hydroxylation is 2. The maximum Gasteiger partial charge on any atom is 0.261 e. The van der Waals surface area contributed by atoms with E-state index in [9.17, 15) is 13.2 Å². The number of benzene rings is 3. The van der Waals surface area contributed by atoms with E-state index in [1.165, 1.54) is 12.1 Å². The third-order valence-electron chi connectivity index (χ3n) is 4.47. The van der Waals surface area contributed by atoms with Crippen LogP contribution in [0.2, 0.25) is 5.02 Å². The smallest absolute Gasteiger partial charge is 0.261 e. The molecule has 9 heteroatoms. The molecule has 0 saturated carbocycles. The Labute approximate surface area is 191 Å². The van der Waals surface area contributed by atoms with Crippen LogP contribution in [0.25, 0.3) is 0 Å². The molecule has 3 rings (SSSR count). The van der Waals surface area contributed by atoms with E-state index in [0.29, 0.717) is 22.0 Å². The molecule has 31 heavy (non-hydrogen) atoms. The van der Waals surface area contributed by atoms with Crippen LogP contribution in [-0.2, 0) is 10.0 Å². The highest BCUT2D eigenvalue weighted by atomic mass is 35.5. The number of carbonyl (C=O) groups excluding carboxylic acids is 1. The van der Waals surface area contributed by atoms with Crippen molar-refractivity contribution in [1.82, 2.24) is 5.32 Å². The molecule has 0 aliphatic heterocycles. The number of hydrogen-bond donors (Lipinski definition) is 3. The minimum atomic E-state index is -3.75. The van der Waals surface area contributed by atoms with E-state index in [1.807, 2.05) is 32.0 Å². The Bertz CT molecular complexity index is 1210. The Morgan fingerprint density at radius 1 is 0.903 bits per heavy atom. The van der Waals surface area contributed by atoms with Gasteiger partial charge in [0.1, 0.15) is 0 Å². The lowest BCUT2D eigenvalue weighted by Gasteiger charge is -2.14. The van der Waals surface area contributed by atoms with Gasteiger partial charge in [0.05, 0.1) is 10.6 Å². The van der Waals surface area contributed by atoms with Gasteiger partial charge in [0.15, 0.2) is 5.11 Å². The topological polar surface area (TPSA) is 87.3 Å². The molecule has 6 nitrogen and oxygen atoms in total. The molecule has 0 heterocycles. The van der Waals surface area contributed by atoms with Gasteiger partial charge < -0.3 is 5.32 Å². The van der Waals surface area contributed by atoms with Crippen LogP contribution >= 0.6 is 23.8 Å². The molecule has 0 radical (unpaired) electrons. The van der Waals surface area contributed by atoms with Crippen molar-refractivity contribution in [3.05, 3.63) is 88.4 Å². The Balaban J connectivity index is 1.66. The van der Waals surface area contributed by atoms with Crippen LogP contribution in [0.1, 0.15) is 21.5 Å². The zero-order chi connectivity index (χ0) is 22.6. The summed E-state index contributed by atoms with van der Waals surface area (Å²) in [6.07, 6.45) is 0. The third-order valence-corrected chi connectivity index (χ3v) is 6.30. The maximum atomic E-state index is 12.7. The number of halogens is 1. The molecule has 0 aliphatic rings. The first-order valence-corrected chi connectivity index (χ1v) is 11.5. The second kappa shape index (κ2) is 9.47. The average Bonchev–Trinajstić information content (AvgIpc) is 2.71. The highest BCUT2D eigenvalue weighted by Crippen LogP contribution is 2.24. The number of para-hydroxylation sites is 1. The zero-order valence-electron chi connectivity index (χ0n) is 16.8. The summed E-state index contributed by atoms with van der Waals surface area (Å²) in [5, 5.41) is 6.04. The molecule has 0 atom stereocenters. The number of rotatable bonds is 5. The normalized spacial score (nSPS) is 10.9. The van der Waals surface area contributed by atoms with Crippen molar-refractivity contribution in [2.75, 3.05) is 10.0 Å². The van der Waals surface area contributed by atoms with Crippen LogP contribution in [-0.4, -0.2) is 19.4 Å². The molecule has 0 aromatic heterocycles. The molecule has 1 amide bonds. The predicted octanol–water partition coefficient (Wildman–Crippen LogP) is 4.88. The van der Waals surface area contributed by atoms with Crippen molar-refractivity contribution in [2.24, 2.45) is 0 Å². The lowest BCUT2D eigenvalue weighted by atomic mass is 10.1. The van der Waals surface area contributed by atoms with Crippen LogP contribution < -0.4 is 15.4 Å². The van der Waals surface area contributed by atoms with Crippen LogP contribution in [0.4, 0.5) is 11.4 Å². The van der Waals surface area contributed by atoms with Gasteiger partial charge in [0.2, 0.25) is 0 Å². The lowest BCUT2D eigenvalue weighted by molar-refractivity contribution is 0.0977. The summed E-state index contributed by atoms with van der Waals surface area (Å²) < 4.78 is 28.1. The van der Waals surface area contributed by atoms with Crippen molar-refractivity contribution in [2.45, 2.75) is 18.7 Å². The van der Waals surface area contributed by atoms with Gasteiger partial charge in [-0.15, -0.1) is 0 Å². The van der Waals surface area contributed by atoms with Crippen molar-refractivity contribution in [3.8, 4) is 0 Å². The number of sulfonamides is 1. The van der Waals surface area contributed by atoms with Crippen molar-refractivity contribution >= 4 is 56.2 Å². The summed E-state index contributed by atoms with van der Waals surface area (Å²) in [5.74, 6) is -0.383. The van der Waals surface area contributed by atoms with Gasteiger partial charge >= 0.3 is 0 Å². The number of hydrogen-bond acceptors (Lipinski definition) is 4. The average molecular weight is 474 g/mol. The van der Waals surface area contributed by atoms with Gasteiger partial charge in [-0.05, 0) is 85.7 Å². The molecular formula is C22H20ClN3O3S2. The fourth-order valence-corrected chi connectivity index (χ4v) is 4.36. The Kier molecular flexibility index (Phi) is 6.94. The quantitative estimate of drug-likeness (QED) is 0.459. The van der Waals surface area contributed by atoms with E-state index in [0.717, 1.165) is 11.1 Å². The predicted molar refractivity (Wildman–Crippen MR) is 128 cm³/mol. The summed E-state index contributed by atoms with van der Waals surface area (Å²) >= 11 is 11.0. The summed E-state index contributed by atoms with van der Waals surface area (Å²) in [5.41, 5.74) is 3.18. The van der Waals surface area contributed by atoms with Crippen LogP contribution in [0.5, 0.6) is 0 Å². The monoisotopic (exact) mass is 473 g/mol. The first kappa shape index (κ1) is 22.7. The van der Waals surface area contributed by atoms with Crippen LogP contribution in [0.3, 0.4) is 0 Å². The molecule has 160 valence electrons. The van der Waals surface area contributed by atoms with Crippen molar-refractivity contribution in [1.29, 1.82) is 0 Å². The van der Waals surface area contributed by atoms with Gasteiger partial charge in [-0.1, -0.05) is 29.8 Å². The maximum absolute atomic E-state index is 12.7. The highest BCUT2D eigenvalue weighted by Gasteiger charge is 2.16. The summed E-state index contributed by atoms with van der Waals surface area (Å²) in [6.45, 7) is 3.69. The van der Waals surface area contributed by atoms with Crippen LogP contribution in [0.15, 0.2) is 71.6 Å². The minimum absolute atomic E-state index is 0.0872. The zero-order valence-corrected chi connectivity index (χ0v) is 19.2. The molecule has 0 bridgehead atoms. The van der Waals surface area contributed by atoms with E-state index in [2.05, 4.69) is 15.4 Å². The van der Waals surface area contributed by atoms with Gasteiger partial charge in [-0.25, -0.2) is 8.42 Å². The number of amides is 1. The van der Waals surface area contributed by atoms with E-state index in [-0.39, 0.29) is 15.9 Å². The summed E-state index contributed by atoms with van der Waals surface area (Å²) in [4.78, 5) is 12.3. The minimum Gasteiger partial charge on any atom is -0.332 e. The Hall–Kier alpha value is -2.94. The second-order valence-corrected chi connectivity index (χ2v) is 9.34. The summed E-state index contributed by atoms with van der Waals surface area (Å²) in [6, 6.07) is 18.0. The first-order valence-electron chi connectivity index (χ1n) is 9.23. The molecule has 0 spiro atoms. The molecule has 3 N–H and O–H groups in total. The molecule has 0 saturated heterocycles. The molecule has 0 unspecified atom stereocenters. The van der Waals surface area contributed by atoms with Crippen LogP contribution in [0, 0.1) is 13.8 Å². The number of carbonyl (C=O) groups is 1. The number of thiocarbonyl (C=S) groups is 1. The highest BCUT2D eigenvalue weighted by molar-refractivity contribution is 7.92. The van der Waals surface area contributed by atoms with Gasteiger partial charge in [0.25, 0.3) is 15.9 Å².